The quantitative estimate of drug-likeness (QED) is 0.696. The van der Waals surface area contributed by atoms with Gasteiger partial charge < -0.3 is 10.8 Å². The summed E-state index contributed by atoms with van der Waals surface area (Å²) < 4.78 is 1.64. The lowest BCUT2D eigenvalue weighted by atomic mass is 9.97. The smallest absolute Gasteiger partial charge is 0.154 e. The van der Waals surface area contributed by atoms with Gasteiger partial charge in [-0.25, -0.2) is 9.50 Å². The largest absolute Gasteiger partial charge is 0.394 e. The van der Waals surface area contributed by atoms with Crippen LogP contribution in [0.25, 0.3) is 5.65 Å². The maximum Gasteiger partial charge on any atom is 0.154 e. The third-order valence-electron chi connectivity index (χ3n) is 2.23. The van der Waals surface area contributed by atoms with Gasteiger partial charge in [-0.2, -0.15) is 5.10 Å². The van der Waals surface area contributed by atoms with Gasteiger partial charge in [-0.1, -0.05) is 0 Å². The predicted molar refractivity (Wildman–Crippen MR) is 51.6 cm³/mol. The molecule has 2 heterocycles. The van der Waals surface area contributed by atoms with E-state index in [1.807, 2.05) is 0 Å². The van der Waals surface area contributed by atoms with Crippen molar-refractivity contribution in [3.8, 4) is 0 Å². The molecule has 0 bridgehead atoms. The van der Waals surface area contributed by atoms with Crippen molar-refractivity contribution >= 4 is 5.65 Å². The lowest BCUT2D eigenvalue weighted by molar-refractivity contribution is 0.209. The molecule has 0 amide bonds. The molecule has 0 fully saturated rings. The molecule has 14 heavy (non-hydrogen) atoms. The highest BCUT2D eigenvalue weighted by Crippen LogP contribution is 2.15. The Hall–Kier alpha value is -1.46. The number of rotatable bonds is 2. The average Bonchev–Trinajstić information content (AvgIpc) is 2.64. The molecule has 3 N–H and O–H groups in total. The van der Waals surface area contributed by atoms with Crippen LogP contribution in [-0.4, -0.2) is 26.3 Å². The minimum Gasteiger partial charge on any atom is -0.394 e. The van der Waals surface area contributed by atoms with Crippen LogP contribution in [0, 0.1) is 0 Å². The third-order valence-corrected chi connectivity index (χ3v) is 2.23. The summed E-state index contributed by atoms with van der Waals surface area (Å²) >= 11 is 0. The number of nitrogens with two attached hydrogens (primary N) is 1. The molecule has 1 unspecified atom stereocenters. The molecule has 0 radical (unpaired) electrons. The molecule has 1 atom stereocenters. The second kappa shape index (κ2) is 3.04. The van der Waals surface area contributed by atoms with Gasteiger partial charge in [-0.05, 0) is 6.92 Å². The van der Waals surface area contributed by atoms with E-state index in [2.05, 4.69) is 10.1 Å². The van der Waals surface area contributed by atoms with Gasteiger partial charge in [0.2, 0.25) is 0 Å². The Kier molecular flexibility index (Phi) is 1.98. The molecule has 2 rings (SSSR count). The Morgan fingerprint density at radius 3 is 3.14 bits per heavy atom. The van der Waals surface area contributed by atoms with Gasteiger partial charge in [0.25, 0.3) is 0 Å². The van der Waals surface area contributed by atoms with E-state index >= 15 is 0 Å². The van der Waals surface area contributed by atoms with Crippen molar-refractivity contribution in [3.63, 3.8) is 0 Å². The van der Waals surface area contributed by atoms with Crippen LogP contribution in [0.15, 0.2) is 24.7 Å². The lowest BCUT2D eigenvalue weighted by Gasteiger charge is -2.21. The molecule has 5 heteroatoms. The first-order chi connectivity index (χ1) is 6.63. The summed E-state index contributed by atoms with van der Waals surface area (Å²) in [5.41, 5.74) is 6.62. The number of fused-ring (bicyclic) bond motifs is 1. The first-order valence-electron chi connectivity index (χ1n) is 4.33. The van der Waals surface area contributed by atoms with Crippen molar-refractivity contribution in [1.29, 1.82) is 0 Å². The molecule has 0 aliphatic heterocycles. The molecule has 0 saturated heterocycles. The number of aliphatic hydroxyl groups excluding tert-OH is 1. The third kappa shape index (κ3) is 1.36. The fraction of sp³-hybridized carbons (Fsp3) is 0.333. The summed E-state index contributed by atoms with van der Waals surface area (Å²) in [5, 5.41) is 13.1. The van der Waals surface area contributed by atoms with E-state index in [1.54, 1.807) is 36.1 Å². The highest BCUT2D eigenvalue weighted by atomic mass is 16.3. The van der Waals surface area contributed by atoms with Crippen molar-refractivity contribution in [1.82, 2.24) is 14.6 Å². The molecule has 2 aromatic heterocycles. The molecular formula is C9H12N4O. The fourth-order valence-electron chi connectivity index (χ4n) is 1.20. The van der Waals surface area contributed by atoms with E-state index in [-0.39, 0.29) is 6.61 Å². The van der Waals surface area contributed by atoms with Crippen molar-refractivity contribution in [2.24, 2.45) is 5.73 Å². The Morgan fingerprint density at radius 2 is 2.43 bits per heavy atom. The SMILES string of the molecule is CC(N)(CO)c1cnc2ccnn2c1. The number of nitrogens with zero attached hydrogens (tertiary/aromatic N) is 3. The second-order valence-electron chi connectivity index (χ2n) is 3.55. The molecular weight excluding hydrogens is 180 g/mol. The molecule has 0 aliphatic rings. The van der Waals surface area contributed by atoms with E-state index < -0.39 is 5.54 Å². The highest BCUT2D eigenvalue weighted by molar-refractivity contribution is 5.37. The van der Waals surface area contributed by atoms with Gasteiger partial charge in [-0.3, -0.25) is 0 Å². The second-order valence-corrected chi connectivity index (χ2v) is 3.55. The Balaban J connectivity index is 2.53. The predicted octanol–water partition coefficient (Wildman–Crippen LogP) is -0.105. The minimum atomic E-state index is -0.771. The van der Waals surface area contributed by atoms with Crippen molar-refractivity contribution < 1.29 is 5.11 Å². The van der Waals surface area contributed by atoms with Crippen LogP contribution in [-0.2, 0) is 5.54 Å². The van der Waals surface area contributed by atoms with Crippen LogP contribution < -0.4 is 5.73 Å². The van der Waals surface area contributed by atoms with Crippen molar-refractivity contribution in [2.45, 2.75) is 12.5 Å². The summed E-state index contributed by atoms with van der Waals surface area (Å²) in [4.78, 5) is 4.16. The van der Waals surface area contributed by atoms with Gasteiger partial charge in [0, 0.05) is 24.0 Å². The molecule has 74 valence electrons. The number of aliphatic hydroxyl groups is 1. The van der Waals surface area contributed by atoms with Crippen LogP contribution in [0.4, 0.5) is 0 Å². The maximum absolute atomic E-state index is 9.09. The highest BCUT2D eigenvalue weighted by Gasteiger charge is 2.20. The van der Waals surface area contributed by atoms with Crippen LogP contribution in [0.2, 0.25) is 0 Å². The molecule has 0 saturated carbocycles. The molecule has 5 nitrogen and oxygen atoms in total. The topological polar surface area (TPSA) is 76.4 Å². The van der Waals surface area contributed by atoms with Gasteiger partial charge in [0.05, 0.1) is 18.3 Å². The van der Waals surface area contributed by atoms with Gasteiger partial charge in [0.1, 0.15) is 0 Å². The zero-order chi connectivity index (χ0) is 10.2. The lowest BCUT2D eigenvalue weighted by Crippen LogP contribution is -2.37. The Morgan fingerprint density at radius 1 is 1.64 bits per heavy atom. The van der Waals surface area contributed by atoms with Gasteiger partial charge >= 0.3 is 0 Å². The van der Waals surface area contributed by atoms with E-state index in [0.717, 1.165) is 11.2 Å². The van der Waals surface area contributed by atoms with Crippen LogP contribution in [0.3, 0.4) is 0 Å². The zero-order valence-electron chi connectivity index (χ0n) is 7.88. The molecule has 2 aromatic rings. The zero-order valence-corrected chi connectivity index (χ0v) is 7.88. The number of hydrogen-bond donors (Lipinski definition) is 2. The Labute approximate surface area is 81.2 Å². The Bertz CT molecular complexity index is 449. The summed E-state index contributed by atoms with van der Waals surface area (Å²) in [5.74, 6) is 0. The van der Waals surface area contributed by atoms with Crippen LogP contribution in [0.5, 0.6) is 0 Å². The number of aromatic nitrogens is 3. The van der Waals surface area contributed by atoms with Crippen LogP contribution >= 0.6 is 0 Å². The van der Waals surface area contributed by atoms with Gasteiger partial charge in [-0.15, -0.1) is 0 Å². The summed E-state index contributed by atoms with van der Waals surface area (Å²) in [6.07, 6.45) is 5.10. The first kappa shape index (κ1) is 9.11. The first-order valence-corrected chi connectivity index (χ1v) is 4.33. The maximum atomic E-state index is 9.09. The summed E-state index contributed by atoms with van der Waals surface area (Å²) in [6, 6.07) is 1.80. The van der Waals surface area contributed by atoms with E-state index in [0.29, 0.717) is 0 Å². The van der Waals surface area contributed by atoms with E-state index in [9.17, 15) is 0 Å². The molecule has 0 spiro atoms. The normalized spacial score (nSPS) is 15.6. The fourth-order valence-corrected chi connectivity index (χ4v) is 1.20. The summed E-state index contributed by atoms with van der Waals surface area (Å²) in [7, 11) is 0. The monoisotopic (exact) mass is 192 g/mol. The average molecular weight is 192 g/mol. The van der Waals surface area contributed by atoms with Crippen molar-refractivity contribution in [3.05, 3.63) is 30.2 Å². The number of hydrogen-bond acceptors (Lipinski definition) is 4. The minimum absolute atomic E-state index is 0.124. The molecule has 0 aromatic carbocycles. The van der Waals surface area contributed by atoms with Crippen LogP contribution in [0.1, 0.15) is 12.5 Å². The standard InChI is InChI=1S/C9H12N4O/c1-9(10,6-14)7-4-11-8-2-3-12-13(8)5-7/h2-5,14H,6,10H2,1H3. The van der Waals surface area contributed by atoms with Crippen molar-refractivity contribution in [2.75, 3.05) is 6.61 Å². The van der Waals surface area contributed by atoms with Gasteiger partial charge in [0.15, 0.2) is 5.65 Å². The molecule has 0 aliphatic carbocycles. The van der Waals surface area contributed by atoms with E-state index in [4.69, 9.17) is 10.8 Å². The summed E-state index contributed by atoms with van der Waals surface area (Å²) in [6.45, 7) is 1.63. The van der Waals surface area contributed by atoms with E-state index in [1.165, 1.54) is 0 Å².